The van der Waals surface area contributed by atoms with Crippen molar-refractivity contribution in [3.8, 4) is 0 Å². The number of halogens is 3. The third kappa shape index (κ3) is 4.68. The molecule has 0 aromatic carbocycles. The summed E-state index contributed by atoms with van der Waals surface area (Å²) in [6.45, 7) is 8.27. The molecular weight excluding hydrogens is 229 g/mol. The van der Waals surface area contributed by atoms with Gasteiger partial charge in [-0.15, -0.1) is 6.58 Å². The quantitative estimate of drug-likeness (QED) is 0.595. The highest BCUT2D eigenvalue weighted by Crippen LogP contribution is 2.34. The van der Waals surface area contributed by atoms with Crippen molar-refractivity contribution in [3.63, 3.8) is 0 Å². The topological polar surface area (TPSA) is 15.3 Å². The lowest BCUT2D eigenvalue weighted by atomic mass is 9.95. The predicted molar refractivity (Wildman–Crippen MR) is 62.9 cm³/mol. The lowest BCUT2D eigenvalue weighted by Gasteiger charge is -2.36. The molecule has 0 aromatic heterocycles. The molecule has 100 valence electrons. The maximum Gasteiger partial charge on any atom is 0.391 e. The van der Waals surface area contributed by atoms with Gasteiger partial charge in [0.1, 0.15) is 0 Å². The standard InChI is InChI=1S/C12H21F3N2/c1-3-6-16-9-10(2)17-7-4-11(5-8-17)12(13,14)15/h3,10-11,16H,1,4-9H2,2H3. The molecule has 0 saturated carbocycles. The van der Waals surface area contributed by atoms with E-state index < -0.39 is 12.1 Å². The second kappa shape index (κ2) is 6.40. The van der Waals surface area contributed by atoms with Crippen LogP contribution in [0, 0.1) is 5.92 Å². The van der Waals surface area contributed by atoms with Crippen LogP contribution in [0.5, 0.6) is 0 Å². The Balaban J connectivity index is 2.28. The number of alkyl halides is 3. The first-order valence-corrected chi connectivity index (χ1v) is 6.07. The van der Waals surface area contributed by atoms with E-state index >= 15 is 0 Å². The molecule has 1 aliphatic rings. The minimum absolute atomic E-state index is 0.231. The van der Waals surface area contributed by atoms with Gasteiger partial charge in [-0.25, -0.2) is 0 Å². The molecule has 1 saturated heterocycles. The highest BCUT2D eigenvalue weighted by Gasteiger charge is 2.41. The molecule has 0 bridgehead atoms. The van der Waals surface area contributed by atoms with Gasteiger partial charge >= 0.3 is 6.18 Å². The molecule has 1 rings (SSSR count). The summed E-state index contributed by atoms with van der Waals surface area (Å²) in [5, 5.41) is 3.19. The van der Waals surface area contributed by atoms with Crippen LogP contribution < -0.4 is 5.32 Å². The first-order chi connectivity index (χ1) is 7.95. The maximum absolute atomic E-state index is 12.5. The van der Waals surface area contributed by atoms with Gasteiger partial charge in [-0.1, -0.05) is 6.08 Å². The summed E-state index contributed by atoms with van der Waals surface area (Å²) in [7, 11) is 0. The first kappa shape index (κ1) is 14.5. The van der Waals surface area contributed by atoms with Crippen LogP contribution in [-0.4, -0.2) is 43.3 Å². The Kier molecular flexibility index (Phi) is 5.46. The second-order valence-corrected chi connectivity index (χ2v) is 4.65. The number of hydrogen-bond donors (Lipinski definition) is 1. The summed E-state index contributed by atoms with van der Waals surface area (Å²) in [4.78, 5) is 2.12. The molecule has 1 N–H and O–H groups in total. The summed E-state index contributed by atoms with van der Waals surface area (Å²) in [6, 6.07) is 0.282. The predicted octanol–water partition coefficient (Wildman–Crippen LogP) is 2.42. The van der Waals surface area contributed by atoms with Gasteiger partial charge in [0.25, 0.3) is 0 Å². The summed E-state index contributed by atoms with van der Waals surface area (Å²) in [6.07, 6.45) is -1.77. The van der Waals surface area contributed by atoms with Gasteiger partial charge in [0.05, 0.1) is 5.92 Å². The molecule has 5 heteroatoms. The molecule has 1 unspecified atom stereocenters. The normalized spacial score (nSPS) is 21.4. The van der Waals surface area contributed by atoms with E-state index in [1.54, 1.807) is 6.08 Å². The number of rotatable bonds is 5. The fourth-order valence-electron chi connectivity index (χ4n) is 2.19. The smallest absolute Gasteiger partial charge is 0.312 e. The van der Waals surface area contributed by atoms with Gasteiger partial charge < -0.3 is 5.32 Å². The van der Waals surface area contributed by atoms with Gasteiger partial charge in [-0.2, -0.15) is 13.2 Å². The lowest BCUT2D eigenvalue weighted by Crippen LogP contribution is -2.46. The van der Waals surface area contributed by atoms with Crippen LogP contribution in [0.2, 0.25) is 0 Å². The van der Waals surface area contributed by atoms with E-state index in [4.69, 9.17) is 0 Å². The number of nitrogens with zero attached hydrogens (tertiary/aromatic N) is 1. The highest BCUT2D eigenvalue weighted by atomic mass is 19.4. The van der Waals surface area contributed by atoms with Crippen molar-refractivity contribution >= 4 is 0 Å². The molecule has 1 atom stereocenters. The van der Waals surface area contributed by atoms with E-state index in [-0.39, 0.29) is 18.9 Å². The van der Waals surface area contributed by atoms with Crippen molar-refractivity contribution in [3.05, 3.63) is 12.7 Å². The van der Waals surface area contributed by atoms with Crippen LogP contribution in [0.25, 0.3) is 0 Å². The van der Waals surface area contributed by atoms with E-state index in [0.29, 0.717) is 13.1 Å². The largest absolute Gasteiger partial charge is 0.391 e. The van der Waals surface area contributed by atoms with Crippen LogP contribution in [0.15, 0.2) is 12.7 Å². The summed E-state index contributed by atoms with van der Waals surface area (Å²) in [5.41, 5.74) is 0. The maximum atomic E-state index is 12.5. The Hall–Kier alpha value is -0.550. The molecule has 1 aliphatic heterocycles. The van der Waals surface area contributed by atoms with Crippen molar-refractivity contribution in [1.29, 1.82) is 0 Å². The average molecular weight is 250 g/mol. The first-order valence-electron chi connectivity index (χ1n) is 6.07. The van der Waals surface area contributed by atoms with Crippen LogP contribution in [0.4, 0.5) is 13.2 Å². The Morgan fingerprint density at radius 2 is 2.00 bits per heavy atom. The fourth-order valence-corrected chi connectivity index (χ4v) is 2.19. The monoisotopic (exact) mass is 250 g/mol. The molecule has 0 aliphatic carbocycles. The molecule has 1 fully saturated rings. The van der Waals surface area contributed by atoms with E-state index in [1.807, 2.05) is 6.92 Å². The zero-order valence-electron chi connectivity index (χ0n) is 10.3. The zero-order chi connectivity index (χ0) is 12.9. The summed E-state index contributed by atoms with van der Waals surface area (Å²) >= 11 is 0. The van der Waals surface area contributed by atoms with Crippen LogP contribution in [0.1, 0.15) is 19.8 Å². The Morgan fingerprint density at radius 1 is 1.41 bits per heavy atom. The molecule has 0 amide bonds. The summed E-state index contributed by atoms with van der Waals surface area (Å²) in [5.74, 6) is -1.10. The van der Waals surface area contributed by atoms with Crippen molar-refractivity contribution in [2.45, 2.75) is 32.0 Å². The van der Waals surface area contributed by atoms with Gasteiger partial charge in [-0.3, -0.25) is 4.90 Å². The third-order valence-electron chi connectivity index (χ3n) is 3.34. The zero-order valence-corrected chi connectivity index (χ0v) is 10.3. The molecule has 2 nitrogen and oxygen atoms in total. The van der Waals surface area contributed by atoms with Crippen molar-refractivity contribution in [2.75, 3.05) is 26.2 Å². The number of nitrogens with one attached hydrogen (secondary N) is 1. The lowest BCUT2D eigenvalue weighted by molar-refractivity contribution is -0.185. The Labute approximate surface area is 101 Å². The van der Waals surface area contributed by atoms with Gasteiger partial charge in [0.15, 0.2) is 0 Å². The van der Waals surface area contributed by atoms with Crippen molar-refractivity contribution in [1.82, 2.24) is 10.2 Å². The van der Waals surface area contributed by atoms with E-state index in [2.05, 4.69) is 16.8 Å². The average Bonchev–Trinajstić information content (AvgIpc) is 2.28. The Morgan fingerprint density at radius 3 is 2.47 bits per heavy atom. The third-order valence-corrected chi connectivity index (χ3v) is 3.34. The summed E-state index contributed by atoms with van der Waals surface area (Å²) < 4.78 is 37.4. The van der Waals surface area contributed by atoms with Crippen molar-refractivity contribution < 1.29 is 13.2 Å². The van der Waals surface area contributed by atoms with Crippen LogP contribution in [-0.2, 0) is 0 Å². The molecule has 0 aromatic rings. The van der Waals surface area contributed by atoms with Crippen LogP contribution >= 0.6 is 0 Å². The van der Waals surface area contributed by atoms with E-state index in [0.717, 1.165) is 13.1 Å². The Bertz CT molecular complexity index is 232. The van der Waals surface area contributed by atoms with Gasteiger partial charge in [0.2, 0.25) is 0 Å². The molecule has 0 radical (unpaired) electrons. The molecule has 1 heterocycles. The van der Waals surface area contributed by atoms with E-state index in [1.165, 1.54) is 0 Å². The SMILES string of the molecule is C=CCNCC(C)N1CCC(C(F)(F)F)CC1. The molecule has 0 spiro atoms. The van der Waals surface area contributed by atoms with Gasteiger partial charge in [0, 0.05) is 19.1 Å². The minimum atomic E-state index is -4.02. The number of hydrogen-bond acceptors (Lipinski definition) is 2. The number of likely N-dealkylation sites (tertiary alicyclic amines) is 1. The fraction of sp³-hybridized carbons (Fsp3) is 0.833. The molecular formula is C12H21F3N2. The van der Waals surface area contributed by atoms with Crippen LogP contribution in [0.3, 0.4) is 0 Å². The van der Waals surface area contributed by atoms with Crippen molar-refractivity contribution in [2.24, 2.45) is 5.92 Å². The minimum Gasteiger partial charge on any atom is -0.312 e. The highest BCUT2D eigenvalue weighted by molar-refractivity contribution is 4.81. The van der Waals surface area contributed by atoms with Gasteiger partial charge in [-0.05, 0) is 32.9 Å². The molecule has 17 heavy (non-hydrogen) atoms. The second-order valence-electron chi connectivity index (χ2n) is 4.65. The van der Waals surface area contributed by atoms with E-state index in [9.17, 15) is 13.2 Å². The number of piperidine rings is 1.